The first-order valence-electron chi connectivity index (χ1n) is 4.23. The number of carbonyl (C=O) groups excluding carboxylic acids is 1. The van der Waals surface area contributed by atoms with Gasteiger partial charge in [-0.05, 0) is 0 Å². The standard InChI is InChI=1S/C7H13NO4/c1-6(9)8-3-5-12-4-2-7(10)11/h2-5H2,1H3,(H,8,9)(H,10,11)/i1D. The lowest BCUT2D eigenvalue weighted by Gasteiger charge is -2.02. The van der Waals surface area contributed by atoms with E-state index in [0.717, 1.165) is 0 Å². The Morgan fingerprint density at radius 3 is 2.92 bits per heavy atom. The summed E-state index contributed by atoms with van der Waals surface area (Å²) in [6.45, 7) is 0.442. The van der Waals surface area contributed by atoms with Crippen LogP contribution in [0.15, 0.2) is 0 Å². The van der Waals surface area contributed by atoms with E-state index >= 15 is 0 Å². The lowest BCUT2D eigenvalue weighted by atomic mass is 10.5. The van der Waals surface area contributed by atoms with E-state index in [9.17, 15) is 9.59 Å². The van der Waals surface area contributed by atoms with E-state index < -0.39 is 5.97 Å². The third-order valence-corrected chi connectivity index (χ3v) is 1.03. The molecule has 5 heteroatoms. The summed E-state index contributed by atoms with van der Waals surface area (Å²) in [5.74, 6) is -1.27. The van der Waals surface area contributed by atoms with Gasteiger partial charge in [-0.1, -0.05) is 0 Å². The summed E-state index contributed by atoms with van der Waals surface area (Å²) in [6, 6.07) is 0. The first-order chi connectivity index (χ1) is 6.16. The highest BCUT2D eigenvalue weighted by Gasteiger charge is 1.95. The van der Waals surface area contributed by atoms with Crippen molar-refractivity contribution in [2.24, 2.45) is 0 Å². The van der Waals surface area contributed by atoms with Gasteiger partial charge in [0.25, 0.3) is 0 Å². The number of carboxylic acids is 1. The van der Waals surface area contributed by atoms with Gasteiger partial charge in [0.15, 0.2) is 0 Å². The second kappa shape index (κ2) is 6.60. The first kappa shape index (κ1) is 8.99. The van der Waals surface area contributed by atoms with Crippen LogP contribution in [-0.2, 0) is 14.3 Å². The molecule has 0 atom stereocenters. The summed E-state index contributed by atoms with van der Waals surface area (Å²) in [5, 5.41) is 10.6. The fraction of sp³-hybridized carbons (Fsp3) is 0.714. The van der Waals surface area contributed by atoms with Crippen molar-refractivity contribution in [3.63, 3.8) is 0 Å². The van der Waals surface area contributed by atoms with Crippen LogP contribution in [0.5, 0.6) is 0 Å². The highest BCUT2D eigenvalue weighted by atomic mass is 16.5. The number of amides is 1. The van der Waals surface area contributed by atoms with E-state index in [-0.39, 0.29) is 32.4 Å². The Morgan fingerprint density at radius 1 is 1.58 bits per heavy atom. The smallest absolute Gasteiger partial charge is 0.305 e. The van der Waals surface area contributed by atoms with Gasteiger partial charge in [0, 0.05) is 14.8 Å². The lowest BCUT2D eigenvalue weighted by Crippen LogP contribution is -2.24. The molecule has 12 heavy (non-hydrogen) atoms. The number of carboxylic acid groups (broad SMARTS) is 1. The van der Waals surface area contributed by atoms with Gasteiger partial charge in [0.2, 0.25) is 5.91 Å². The van der Waals surface area contributed by atoms with Crippen molar-refractivity contribution in [2.75, 3.05) is 19.8 Å². The molecule has 0 saturated heterocycles. The van der Waals surface area contributed by atoms with Crippen LogP contribution in [0.1, 0.15) is 14.7 Å². The summed E-state index contributed by atoms with van der Waals surface area (Å²) in [7, 11) is 0. The summed E-state index contributed by atoms with van der Waals surface area (Å²) in [5.41, 5.74) is 0. The van der Waals surface area contributed by atoms with Gasteiger partial charge in [-0.2, -0.15) is 0 Å². The Balaban J connectivity index is 3.08. The van der Waals surface area contributed by atoms with Gasteiger partial charge in [0.05, 0.1) is 19.6 Å². The number of hydrogen-bond acceptors (Lipinski definition) is 3. The maximum atomic E-state index is 10.5. The predicted molar refractivity (Wildman–Crippen MR) is 41.8 cm³/mol. The van der Waals surface area contributed by atoms with Crippen molar-refractivity contribution < 1.29 is 20.8 Å². The molecule has 0 aromatic heterocycles. The van der Waals surface area contributed by atoms with Gasteiger partial charge >= 0.3 is 5.97 Å². The van der Waals surface area contributed by atoms with Crippen LogP contribution in [0.4, 0.5) is 0 Å². The molecule has 0 rings (SSSR count). The Kier molecular flexibility index (Phi) is 4.95. The zero-order valence-electron chi connectivity index (χ0n) is 7.71. The first-order valence-corrected chi connectivity index (χ1v) is 3.52. The SMILES string of the molecule is [2H]CC(=O)NCCOCCC(=O)O. The minimum absolute atomic E-state index is 0.0353. The van der Waals surface area contributed by atoms with Crippen LogP contribution in [0.2, 0.25) is 0 Å². The molecular formula is C7H13NO4. The topological polar surface area (TPSA) is 75.6 Å². The van der Waals surface area contributed by atoms with E-state index in [1.807, 2.05) is 0 Å². The van der Waals surface area contributed by atoms with Crippen LogP contribution in [0, 0.1) is 0 Å². The number of rotatable bonds is 6. The molecule has 0 aromatic carbocycles. The van der Waals surface area contributed by atoms with Gasteiger partial charge in [-0.3, -0.25) is 9.59 Å². The Hall–Kier alpha value is -1.10. The molecule has 0 spiro atoms. The van der Waals surface area contributed by atoms with E-state index in [1.54, 1.807) is 0 Å². The van der Waals surface area contributed by atoms with Gasteiger partial charge in [0.1, 0.15) is 0 Å². The monoisotopic (exact) mass is 176 g/mol. The Bertz CT molecular complexity index is 174. The van der Waals surface area contributed by atoms with Crippen LogP contribution in [0.25, 0.3) is 0 Å². The molecule has 0 radical (unpaired) electrons. The number of nitrogens with one attached hydrogen (secondary N) is 1. The summed E-state index contributed by atoms with van der Waals surface area (Å²) < 4.78 is 11.5. The minimum atomic E-state index is -0.907. The van der Waals surface area contributed by atoms with E-state index in [0.29, 0.717) is 6.54 Å². The highest BCUT2D eigenvalue weighted by Crippen LogP contribution is 1.81. The van der Waals surface area contributed by atoms with E-state index in [1.165, 1.54) is 0 Å². The van der Waals surface area contributed by atoms with Gasteiger partial charge < -0.3 is 15.2 Å². The second-order valence-corrected chi connectivity index (χ2v) is 2.11. The number of hydrogen-bond donors (Lipinski definition) is 2. The molecule has 0 heterocycles. The van der Waals surface area contributed by atoms with Crippen LogP contribution >= 0.6 is 0 Å². The van der Waals surface area contributed by atoms with E-state index in [4.69, 9.17) is 11.2 Å². The van der Waals surface area contributed by atoms with E-state index in [2.05, 4.69) is 5.32 Å². The molecule has 2 N–H and O–H groups in total. The maximum absolute atomic E-state index is 10.5. The molecule has 0 aromatic rings. The molecule has 0 aliphatic rings. The summed E-state index contributed by atoms with van der Waals surface area (Å²) in [6.07, 6.45) is -0.0353. The van der Waals surface area contributed by atoms with Crippen LogP contribution in [0.3, 0.4) is 0 Å². The maximum Gasteiger partial charge on any atom is 0.305 e. The third kappa shape index (κ3) is 8.90. The predicted octanol–water partition coefficient (Wildman–Crippen LogP) is -0.386. The second-order valence-electron chi connectivity index (χ2n) is 2.11. The van der Waals surface area contributed by atoms with Crippen LogP contribution in [-0.4, -0.2) is 36.7 Å². The van der Waals surface area contributed by atoms with Gasteiger partial charge in [-0.15, -0.1) is 0 Å². The number of aliphatic carboxylic acids is 1. The number of carbonyl (C=O) groups is 2. The largest absolute Gasteiger partial charge is 0.481 e. The molecule has 70 valence electrons. The fourth-order valence-corrected chi connectivity index (χ4v) is 0.524. The molecule has 0 unspecified atom stereocenters. The van der Waals surface area contributed by atoms with Crippen molar-refractivity contribution in [3.05, 3.63) is 0 Å². The molecule has 0 aliphatic carbocycles. The summed E-state index contributed by atoms with van der Waals surface area (Å²) >= 11 is 0. The summed E-state index contributed by atoms with van der Waals surface area (Å²) in [4.78, 5) is 20.5. The third-order valence-electron chi connectivity index (χ3n) is 1.03. The number of ether oxygens (including phenoxy) is 1. The minimum Gasteiger partial charge on any atom is -0.481 e. The van der Waals surface area contributed by atoms with Crippen molar-refractivity contribution in [3.8, 4) is 0 Å². The molecule has 5 nitrogen and oxygen atoms in total. The average Bonchev–Trinajstić information content (AvgIpc) is 2.10. The lowest BCUT2D eigenvalue weighted by molar-refractivity contribution is -0.138. The average molecular weight is 176 g/mol. The molecule has 0 fully saturated rings. The van der Waals surface area contributed by atoms with Gasteiger partial charge in [-0.25, -0.2) is 0 Å². The fourth-order valence-electron chi connectivity index (χ4n) is 0.524. The molecule has 0 saturated carbocycles. The molecule has 1 amide bonds. The van der Waals surface area contributed by atoms with Crippen molar-refractivity contribution >= 4 is 11.9 Å². The zero-order valence-corrected chi connectivity index (χ0v) is 6.71. The normalized spacial score (nSPS) is 10.5. The zero-order chi connectivity index (χ0) is 10.1. The molecule has 0 aliphatic heterocycles. The molecular weight excluding hydrogens is 162 g/mol. The Labute approximate surface area is 72.1 Å². The van der Waals surface area contributed by atoms with Crippen LogP contribution < -0.4 is 5.32 Å². The van der Waals surface area contributed by atoms with Crippen molar-refractivity contribution in [1.29, 1.82) is 0 Å². The molecule has 0 bridgehead atoms. The van der Waals surface area contributed by atoms with Crippen molar-refractivity contribution in [2.45, 2.75) is 13.3 Å². The highest BCUT2D eigenvalue weighted by molar-refractivity contribution is 5.72. The Morgan fingerprint density at radius 2 is 2.33 bits per heavy atom. The van der Waals surface area contributed by atoms with Crippen molar-refractivity contribution in [1.82, 2.24) is 5.32 Å². The quantitative estimate of drug-likeness (QED) is 0.540.